The molecule has 2 aromatic carbocycles. The van der Waals surface area contributed by atoms with E-state index in [9.17, 15) is 9.59 Å². The van der Waals surface area contributed by atoms with E-state index in [-0.39, 0.29) is 0 Å². The van der Waals surface area contributed by atoms with Crippen LogP contribution in [-0.2, 0) is 16.0 Å². The molecule has 118 valence electrons. The first kappa shape index (κ1) is 13.5. The number of benzene rings is 2. The standard InChI is InChI=1S/C20H14O4/c21-17-13-6-2-3-7-14(13)19-15(18(17)22)11-20(24-19)10-9-12-5-1-4-8-16(12)23-20/h1-8H,9-11H2. The molecule has 0 bridgehead atoms. The fourth-order valence-electron chi connectivity index (χ4n) is 3.76. The quantitative estimate of drug-likeness (QED) is 0.699. The molecular formula is C20H14O4. The van der Waals surface area contributed by atoms with Gasteiger partial charge in [-0.05, 0) is 18.1 Å². The van der Waals surface area contributed by atoms with E-state index in [4.69, 9.17) is 9.47 Å². The highest BCUT2D eigenvalue weighted by Gasteiger charge is 2.50. The van der Waals surface area contributed by atoms with Gasteiger partial charge in [0.05, 0.1) is 12.0 Å². The van der Waals surface area contributed by atoms with Crippen LogP contribution in [-0.4, -0.2) is 17.4 Å². The number of para-hydroxylation sites is 1. The van der Waals surface area contributed by atoms with Crippen LogP contribution in [0.5, 0.6) is 5.75 Å². The van der Waals surface area contributed by atoms with Crippen molar-refractivity contribution in [1.82, 2.24) is 0 Å². The Kier molecular flexibility index (Phi) is 2.58. The lowest BCUT2D eigenvalue weighted by Gasteiger charge is -2.35. The van der Waals surface area contributed by atoms with Crippen LogP contribution >= 0.6 is 0 Å². The lowest BCUT2D eigenvalue weighted by Crippen LogP contribution is -2.39. The first-order valence-corrected chi connectivity index (χ1v) is 8.04. The van der Waals surface area contributed by atoms with Gasteiger partial charge in [0.2, 0.25) is 11.6 Å². The monoisotopic (exact) mass is 318 g/mol. The predicted octanol–water partition coefficient (Wildman–Crippen LogP) is 3.30. The maximum atomic E-state index is 12.5. The van der Waals surface area contributed by atoms with Gasteiger partial charge < -0.3 is 9.47 Å². The van der Waals surface area contributed by atoms with Crippen LogP contribution < -0.4 is 4.74 Å². The van der Waals surface area contributed by atoms with Crippen molar-refractivity contribution in [3.63, 3.8) is 0 Å². The number of hydrogen-bond donors (Lipinski definition) is 0. The van der Waals surface area contributed by atoms with Crippen LogP contribution in [0.4, 0.5) is 0 Å². The average molecular weight is 318 g/mol. The SMILES string of the molecule is O=C1C(=O)c2ccccc2C2=C1CC1(CCc3ccccc3O1)O2. The van der Waals surface area contributed by atoms with Gasteiger partial charge in [-0.1, -0.05) is 42.5 Å². The summed E-state index contributed by atoms with van der Waals surface area (Å²) in [5.74, 6) is -0.513. The molecule has 3 aliphatic rings. The van der Waals surface area contributed by atoms with E-state index in [0.29, 0.717) is 35.3 Å². The molecule has 0 aromatic heterocycles. The Morgan fingerprint density at radius 3 is 2.46 bits per heavy atom. The van der Waals surface area contributed by atoms with Crippen molar-refractivity contribution in [2.24, 2.45) is 0 Å². The summed E-state index contributed by atoms with van der Waals surface area (Å²) in [7, 11) is 0. The Bertz CT molecular complexity index is 940. The number of rotatable bonds is 0. The van der Waals surface area contributed by atoms with Crippen LogP contribution in [0.3, 0.4) is 0 Å². The van der Waals surface area contributed by atoms with Gasteiger partial charge >= 0.3 is 0 Å². The Balaban J connectivity index is 1.57. The van der Waals surface area contributed by atoms with E-state index in [1.54, 1.807) is 12.1 Å². The molecule has 1 atom stereocenters. The van der Waals surface area contributed by atoms with Crippen molar-refractivity contribution >= 4 is 17.3 Å². The van der Waals surface area contributed by atoms with Gasteiger partial charge in [0.1, 0.15) is 11.5 Å². The molecule has 1 unspecified atom stereocenters. The van der Waals surface area contributed by atoms with Crippen molar-refractivity contribution in [3.8, 4) is 5.75 Å². The van der Waals surface area contributed by atoms with Gasteiger partial charge in [-0.25, -0.2) is 0 Å². The molecule has 0 amide bonds. The zero-order valence-electron chi connectivity index (χ0n) is 12.9. The van der Waals surface area contributed by atoms with E-state index in [1.165, 1.54) is 0 Å². The molecular weight excluding hydrogens is 304 g/mol. The van der Waals surface area contributed by atoms with E-state index >= 15 is 0 Å². The van der Waals surface area contributed by atoms with Crippen molar-refractivity contribution < 1.29 is 19.1 Å². The summed E-state index contributed by atoms with van der Waals surface area (Å²) in [6.07, 6.45) is 1.79. The van der Waals surface area contributed by atoms with Gasteiger partial charge in [-0.2, -0.15) is 0 Å². The summed E-state index contributed by atoms with van der Waals surface area (Å²) >= 11 is 0. The van der Waals surface area contributed by atoms with Crippen molar-refractivity contribution in [3.05, 3.63) is 70.8 Å². The number of carbonyl (C=O) groups excluding carboxylic acids is 2. The lowest BCUT2D eigenvalue weighted by molar-refractivity contribution is -0.133. The Hall–Kier alpha value is -2.88. The second kappa shape index (κ2) is 4.57. The minimum absolute atomic E-state index is 0.315. The largest absolute Gasteiger partial charge is 0.452 e. The van der Waals surface area contributed by atoms with Crippen molar-refractivity contribution in [2.75, 3.05) is 0 Å². The van der Waals surface area contributed by atoms with Gasteiger partial charge in [0.15, 0.2) is 0 Å². The van der Waals surface area contributed by atoms with Crippen LogP contribution in [0, 0.1) is 0 Å². The van der Waals surface area contributed by atoms with Gasteiger partial charge in [-0.3, -0.25) is 9.59 Å². The van der Waals surface area contributed by atoms with Gasteiger partial charge in [0, 0.05) is 17.5 Å². The zero-order valence-corrected chi connectivity index (χ0v) is 12.9. The summed E-state index contributed by atoms with van der Waals surface area (Å²) in [6.45, 7) is 0. The molecule has 0 fully saturated rings. The summed E-state index contributed by atoms with van der Waals surface area (Å²) in [4.78, 5) is 24.8. The predicted molar refractivity (Wildman–Crippen MR) is 86.5 cm³/mol. The van der Waals surface area contributed by atoms with E-state index in [1.807, 2.05) is 36.4 Å². The smallest absolute Gasteiger partial charge is 0.255 e. The fourth-order valence-corrected chi connectivity index (χ4v) is 3.76. The molecule has 24 heavy (non-hydrogen) atoms. The summed E-state index contributed by atoms with van der Waals surface area (Å²) < 4.78 is 12.3. The minimum atomic E-state index is -0.883. The number of ketones is 2. The molecule has 2 heterocycles. The summed E-state index contributed by atoms with van der Waals surface area (Å²) in [5, 5.41) is 0. The molecule has 5 rings (SSSR count). The van der Waals surface area contributed by atoms with Crippen LogP contribution in [0.25, 0.3) is 5.76 Å². The second-order valence-corrected chi connectivity index (χ2v) is 6.41. The third-order valence-electron chi connectivity index (χ3n) is 4.95. The van der Waals surface area contributed by atoms with Crippen LogP contribution in [0.15, 0.2) is 54.1 Å². The molecule has 2 aromatic rings. The van der Waals surface area contributed by atoms with Gasteiger partial charge in [0.25, 0.3) is 5.79 Å². The van der Waals surface area contributed by atoms with E-state index < -0.39 is 17.4 Å². The highest BCUT2D eigenvalue weighted by molar-refractivity contribution is 6.52. The van der Waals surface area contributed by atoms with Crippen LogP contribution in [0.2, 0.25) is 0 Å². The van der Waals surface area contributed by atoms with Gasteiger partial charge in [-0.15, -0.1) is 0 Å². The normalized spacial score (nSPS) is 24.2. The number of fused-ring (bicyclic) bond motifs is 3. The summed E-state index contributed by atoms with van der Waals surface area (Å²) in [6, 6.07) is 15.0. The number of carbonyl (C=O) groups is 2. The molecule has 1 aliphatic carbocycles. The topological polar surface area (TPSA) is 52.6 Å². The third kappa shape index (κ3) is 1.74. The molecule has 2 aliphatic heterocycles. The number of aryl methyl sites for hydroxylation is 1. The highest BCUT2D eigenvalue weighted by Crippen LogP contribution is 2.48. The Labute approximate surface area is 138 Å². The molecule has 4 nitrogen and oxygen atoms in total. The zero-order chi connectivity index (χ0) is 16.3. The Morgan fingerprint density at radius 1 is 0.833 bits per heavy atom. The van der Waals surface area contributed by atoms with E-state index in [2.05, 4.69) is 0 Å². The third-order valence-corrected chi connectivity index (χ3v) is 4.95. The first-order chi connectivity index (χ1) is 11.7. The average Bonchev–Trinajstić information content (AvgIpc) is 2.99. The second-order valence-electron chi connectivity index (χ2n) is 6.41. The number of ether oxygens (including phenoxy) is 2. The number of Topliss-reactive ketones (excluding diaryl/α,β-unsaturated/α-hetero) is 2. The molecule has 4 heteroatoms. The fraction of sp³-hybridized carbons (Fsp3) is 0.200. The maximum absolute atomic E-state index is 12.5. The maximum Gasteiger partial charge on any atom is 0.255 e. The lowest BCUT2D eigenvalue weighted by atomic mass is 9.86. The van der Waals surface area contributed by atoms with Crippen LogP contribution in [0.1, 0.15) is 34.3 Å². The number of hydrogen-bond acceptors (Lipinski definition) is 4. The Morgan fingerprint density at radius 2 is 1.58 bits per heavy atom. The highest BCUT2D eigenvalue weighted by atomic mass is 16.7. The minimum Gasteiger partial charge on any atom is -0.452 e. The first-order valence-electron chi connectivity index (χ1n) is 8.04. The van der Waals surface area contributed by atoms with Crippen molar-refractivity contribution in [2.45, 2.75) is 25.0 Å². The molecule has 0 N–H and O–H groups in total. The molecule has 0 radical (unpaired) electrons. The van der Waals surface area contributed by atoms with Crippen molar-refractivity contribution in [1.29, 1.82) is 0 Å². The molecule has 0 saturated heterocycles. The summed E-state index contributed by atoms with van der Waals surface area (Å²) in [5.41, 5.74) is 2.68. The molecule has 1 spiro atoms. The molecule has 0 saturated carbocycles. The van der Waals surface area contributed by atoms with E-state index in [0.717, 1.165) is 17.7 Å².